The molecule has 0 aliphatic heterocycles. The Kier molecular flexibility index (Phi) is 5.95. The first kappa shape index (κ1) is 16.9. The van der Waals surface area contributed by atoms with Crippen molar-refractivity contribution in [3.05, 3.63) is 66.8 Å². The summed E-state index contributed by atoms with van der Waals surface area (Å²) in [5.41, 5.74) is 0.746. The van der Waals surface area contributed by atoms with Gasteiger partial charge in [-0.15, -0.1) is 0 Å². The molecule has 22 heavy (non-hydrogen) atoms. The number of carbonyl (C=O) groups excluding carboxylic acids is 2. The highest BCUT2D eigenvalue weighted by Gasteiger charge is 2.12. The molecule has 0 saturated carbocycles. The smallest absolute Gasteiger partial charge is 0.257 e. The molecule has 0 aromatic heterocycles. The number of carboxylic acids is 1. The van der Waals surface area contributed by atoms with Gasteiger partial charge in [0.25, 0.3) is 5.91 Å². The number of halogens is 2. The first-order valence-electron chi connectivity index (χ1n) is 6.21. The molecule has 0 atom stereocenters. The van der Waals surface area contributed by atoms with Gasteiger partial charge in [0, 0.05) is 12.8 Å². The molecule has 4 nitrogen and oxygen atoms in total. The molecule has 0 heterocycles. The van der Waals surface area contributed by atoms with Crippen LogP contribution in [0.3, 0.4) is 0 Å². The van der Waals surface area contributed by atoms with E-state index in [9.17, 15) is 14.7 Å². The van der Waals surface area contributed by atoms with Gasteiger partial charge in [0.05, 0.1) is 11.5 Å². The lowest BCUT2D eigenvalue weighted by Crippen LogP contribution is -2.31. The molecule has 0 bridgehead atoms. The van der Waals surface area contributed by atoms with Gasteiger partial charge in [-0.1, -0.05) is 30.3 Å². The lowest BCUT2D eigenvalue weighted by Gasteiger charge is -2.11. The fourth-order valence-corrected chi connectivity index (χ4v) is 3.70. The van der Waals surface area contributed by atoms with E-state index in [0.717, 1.165) is 7.14 Å². The van der Waals surface area contributed by atoms with E-state index in [4.69, 9.17) is 0 Å². The summed E-state index contributed by atoms with van der Waals surface area (Å²) in [7, 11) is 0. The van der Waals surface area contributed by atoms with Crippen molar-refractivity contribution in [2.45, 2.75) is 0 Å². The number of aliphatic carboxylic acids is 1. The summed E-state index contributed by atoms with van der Waals surface area (Å²) in [6, 6.07) is 14.2. The highest BCUT2D eigenvalue weighted by atomic mass is 127. The lowest BCUT2D eigenvalue weighted by atomic mass is 10.1. The van der Waals surface area contributed by atoms with Crippen molar-refractivity contribution in [3.63, 3.8) is 0 Å². The maximum absolute atomic E-state index is 12.2. The van der Waals surface area contributed by atoms with Crippen LogP contribution in [-0.4, -0.2) is 11.9 Å². The summed E-state index contributed by atoms with van der Waals surface area (Å²) in [6.45, 7) is 0. The SMILES string of the molecule is O=C([O-])/C(=C/c1ccccc1)C(=O)Nc1cc(I)cc(I)c1. The summed E-state index contributed by atoms with van der Waals surface area (Å²) in [4.78, 5) is 23.4. The predicted octanol–water partition coefficient (Wildman–Crippen LogP) is 2.67. The zero-order chi connectivity index (χ0) is 16.1. The maximum Gasteiger partial charge on any atom is 0.257 e. The minimum absolute atomic E-state index is 0.417. The molecule has 0 unspecified atom stereocenters. The molecule has 0 aliphatic carbocycles. The molecule has 1 N–H and O–H groups in total. The van der Waals surface area contributed by atoms with Crippen LogP contribution in [0.25, 0.3) is 6.08 Å². The van der Waals surface area contributed by atoms with Crippen molar-refractivity contribution in [2.75, 3.05) is 5.32 Å². The average Bonchev–Trinajstić information content (AvgIpc) is 2.44. The molecule has 0 aliphatic rings. The first-order valence-corrected chi connectivity index (χ1v) is 8.37. The number of anilines is 1. The van der Waals surface area contributed by atoms with Crippen molar-refractivity contribution in [1.29, 1.82) is 0 Å². The van der Waals surface area contributed by atoms with Crippen LogP contribution in [-0.2, 0) is 9.59 Å². The summed E-state index contributed by atoms with van der Waals surface area (Å²) in [6.07, 6.45) is 1.30. The number of carboxylic acid groups (broad SMARTS) is 1. The van der Waals surface area contributed by atoms with Gasteiger partial charge in [-0.25, -0.2) is 0 Å². The van der Waals surface area contributed by atoms with Gasteiger partial charge in [0.15, 0.2) is 0 Å². The quantitative estimate of drug-likeness (QED) is 0.293. The van der Waals surface area contributed by atoms with Crippen LogP contribution in [0.1, 0.15) is 5.56 Å². The third kappa shape index (κ3) is 4.80. The molecule has 2 rings (SSSR count). The van der Waals surface area contributed by atoms with E-state index >= 15 is 0 Å². The number of benzene rings is 2. The van der Waals surface area contributed by atoms with Crippen LogP contribution < -0.4 is 10.4 Å². The zero-order valence-electron chi connectivity index (χ0n) is 11.2. The van der Waals surface area contributed by atoms with Gasteiger partial charge in [-0.2, -0.15) is 0 Å². The largest absolute Gasteiger partial charge is 0.545 e. The second-order valence-corrected chi connectivity index (χ2v) is 6.86. The molecular formula is C16H10I2NO3-. The Morgan fingerprint density at radius 3 is 2.14 bits per heavy atom. The Bertz CT molecular complexity index is 722. The molecule has 0 spiro atoms. The second-order valence-electron chi connectivity index (χ2n) is 4.37. The number of rotatable bonds is 4. The van der Waals surface area contributed by atoms with E-state index < -0.39 is 17.4 Å². The molecule has 0 radical (unpaired) electrons. The highest BCUT2D eigenvalue weighted by molar-refractivity contribution is 14.1. The van der Waals surface area contributed by atoms with Crippen molar-refractivity contribution in [3.8, 4) is 0 Å². The van der Waals surface area contributed by atoms with E-state index in [1.165, 1.54) is 6.08 Å². The van der Waals surface area contributed by atoms with Crippen LogP contribution in [0.15, 0.2) is 54.1 Å². The van der Waals surface area contributed by atoms with Gasteiger partial charge >= 0.3 is 0 Å². The van der Waals surface area contributed by atoms with E-state index in [2.05, 4.69) is 50.5 Å². The van der Waals surface area contributed by atoms with E-state index in [1.807, 2.05) is 12.1 Å². The van der Waals surface area contributed by atoms with Gasteiger partial charge in [0.2, 0.25) is 0 Å². The van der Waals surface area contributed by atoms with Crippen molar-refractivity contribution < 1.29 is 14.7 Å². The highest BCUT2D eigenvalue weighted by Crippen LogP contribution is 2.19. The number of hydrogen-bond acceptors (Lipinski definition) is 3. The second kappa shape index (κ2) is 7.73. The zero-order valence-corrected chi connectivity index (χ0v) is 15.5. The van der Waals surface area contributed by atoms with E-state index in [0.29, 0.717) is 11.3 Å². The Hall–Kier alpha value is -1.42. The summed E-state index contributed by atoms with van der Waals surface area (Å²) < 4.78 is 1.89. The van der Waals surface area contributed by atoms with Crippen molar-refractivity contribution in [1.82, 2.24) is 0 Å². The maximum atomic E-state index is 12.2. The average molecular weight is 518 g/mol. The minimum atomic E-state index is -1.51. The molecular weight excluding hydrogens is 508 g/mol. The Balaban J connectivity index is 2.27. The molecule has 2 aromatic carbocycles. The van der Waals surface area contributed by atoms with Crippen LogP contribution >= 0.6 is 45.2 Å². The predicted molar refractivity (Wildman–Crippen MR) is 99.9 cm³/mol. The van der Waals surface area contributed by atoms with Gasteiger partial charge in [0.1, 0.15) is 0 Å². The van der Waals surface area contributed by atoms with Gasteiger partial charge in [-0.3, -0.25) is 4.79 Å². The van der Waals surface area contributed by atoms with Crippen LogP contribution in [0.2, 0.25) is 0 Å². The lowest BCUT2D eigenvalue weighted by molar-refractivity contribution is -0.298. The fraction of sp³-hybridized carbons (Fsp3) is 0. The van der Waals surface area contributed by atoms with Crippen LogP contribution in [0.4, 0.5) is 5.69 Å². The Morgan fingerprint density at radius 2 is 1.59 bits per heavy atom. The summed E-state index contributed by atoms with van der Waals surface area (Å²) >= 11 is 4.26. The van der Waals surface area contributed by atoms with Crippen LogP contribution in [0.5, 0.6) is 0 Å². The molecule has 0 fully saturated rings. The Labute approximate surface area is 154 Å². The number of carbonyl (C=O) groups is 2. The molecule has 6 heteroatoms. The normalized spacial score (nSPS) is 11.1. The summed E-state index contributed by atoms with van der Waals surface area (Å²) in [5.74, 6) is -2.22. The third-order valence-electron chi connectivity index (χ3n) is 2.70. The standard InChI is InChI=1S/C16H11I2NO3/c17-11-7-12(18)9-13(8-11)19-15(20)14(16(21)22)6-10-4-2-1-3-5-10/h1-9H,(H,19,20)(H,21,22)/p-1/b14-6+. The molecule has 2 aromatic rings. The summed E-state index contributed by atoms with van der Waals surface area (Å²) in [5, 5.41) is 13.8. The van der Waals surface area contributed by atoms with Gasteiger partial charge < -0.3 is 15.2 Å². The molecule has 0 saturated heterocycles. The molecule has 112 valence electrons. The van der Waals surface area contributed by atoms with Crippen LogP contribution in [0, 0.1) is 7.14 Å². The van der Waals surface area contributed by atoms with Gasteiger partial charge in [-0.05, 0) is 75.0 Å². The monoisotopic (exact) mass is 518 g/mol. The topological polar surface area (TPSA) is 69.2 Å². The van der Waals surface area contributed by atoms with E-state index in [-0.39, 0.29) is 0 Å². The third-order valence-corrected chi connectivity index (χ3v) is 3.94. The molecule has 1 amide bonds. The minimum Gasteiger partial charge on any atom is -0.545 e. The van der Waals surface area contributed by atoms with Crippen molar-refractivity contribution >= 4 is 68.8 Å². The number of hydrogen-bond donors (Lipinski definition) is 1. The van der Waals surface area contributed by atoms with E-state index in [1.54, 1.807) is 36.4 Å². The Morgan fingerprint density at radius 1 is 1.00 bits per heavy atom. The van der Waals surface area contributed by atoms with Crippen molar-refractivity contribution in [2.24, 2.45) is 0 Å². The first-order chi connectivity index (χ1) is 10.5. The fourth-order valence-electron chi connectivity index (χ4n) is 1.76. The number of amides is 1. The number of nitrogens with one attached hydrogen (secondary N) is 1.